The third kappa shape index (κ3) is 5.12. The molecule has 8 aromatic rings. The summed E-state index contributed by atoms with van der Waals surface area (Å²) < 4.78 is 8.46. The standard InChI is InChI=1S/C26H16NO.C12H10N.Ir/c1-27-15-5-7-19(16-27)21-9-4-10-22-23-14-13-18-12-11-17-6-2-3-8-20(17)24(18)26(23)28-25(21)22;1-10-7-8-12(13-9-10)11-5-3-2-4-6-11;/h2-8,10-15H,1H3;2-5,7-9H,1H3;/q2*-1;+3. The molecule has 0 N–H and O–H groups in total. The largest absolute Gasteiger partial charge is 3.00 e. The molecule has 0 amide bonds. The first-order chi connectivity index (χ1) is 20.2. The van der Waals surface area contributed by atoms with Gasteiger partial charge in [-0.15, -0.1) is 42.0 Å². The van der Waals surface area contributed by atoms with Crippen molar-refractivity contribution in [3.63, 3.8) is 0 Å². The summed E-state index contributed by atoms with van der Waals surface area (Å²) in [7, 11) is 1.97. The van der Waals surface area contributed by atoms with Gasteiger partial charge in [-0.3, -0.25) is 4.57 Å². The average Bonchev–Trinajstić information content (AvgIpc) is 3.41. The van der Waals surface area contributed by atoms with Crippen molar-refractivity contribution in [1.29, 1.82) is 0 Å². The van der Waals surface area contributed by atoms with Crippen LogP contribution < -0.4 is 4.57 Å². The molecule has 0 atom stereocenters. The number of aromatic nitrogens is 2. The molecule has 4 heteroatoms. The quantitative estimate of drug-likeness (QED) is 0.102. The fourth-order valence-electron chi connectivity index (χ4n) is 5.34. The van der Waals surface area contributed by atoms with Crippen molar-refractivity contribution < 1.29 is 29.1 Å². The minimum Gasteiger partial charge on any atom is -0.510 e. The van der Waals surface area contributed by atoms with Gasteiger partial charge in [0.15, 0.2) is 0 Å². The van der Waals surface area contributed by atoms with E-state index in [-0.39, 0.29) is 20.1 Å². The van der Waals surface area contributed by atoms with Gasteiger partial charge in [0, 0.05) is 22.6 Å². The van der Waals surface area contributed by atoms with Gasteiger partial charge in [-0.25, -0.2) is 0 Å². The fraction of sp³-hybridized carbons (Fsp3) is 0.0526. The molecule has 3 nitrogen and oxygen atoms in total. The number of rotatable bonds is 2. The Labute approximate surface area is 258 Å². The predicted molar refractivity (Wildman–Crippen MR) is 166 cm³/mol. The summed E-state index contributed by atoms with van der Waals surface area (Å²) in [5.41, 5.74) is 6.92. The molecule has 0 saturated carbocycles. The zero-order chi connectivity index (χ0) is 27.8. The molecule has 8 rings (SSSR count). The smallest absolute Gasteiger partial charge is 0.510 e. The minimum atomic E-state index is 0. The molecule has 0 fully saturated rings. The molecular weight excluding hydrogens is 693 g/mol. The van der Waals surface area contributed by atoms with Crippen LogP contribution in [0.5, 0.6) is 0 Å². The zero-order valence-electron chi connectivity index (χ0n) is 23.2. The molecule has 42 heavy (non-hydrogen) atoms. The van der Waals surface area contributed by atoms with Gasteiger partial charge in [-0.05, 0) is 34.3 Å². The molecule has 3 heterocycles. The molecule has 0 radical (unpaired) electrons. The Morgan fingerprint density at radius 2 is 1.45 bits per heavy atom. The van der Waals surface area contributed by atoms with Crippen LogP contribution in [0.3, 0.4) is 0 Å². The van der Waals surface area contributed by atoms with Crippen LogP contribution in [0.25, 0.3) is 65.9 Å². The number of benzene rings is 5. The van der Waals surface area contributed by atoms with Crippen molar-refractivity contribution >= 4 is 43.5 Å². The molecule has 0 unspecified atom stereocenters. The number of hydrogen-bond acceptors (Lipinski definition) is 2. The van der Waals surface area contributed by atoms with Gasteiger partial charge in [0.05, 0.1) is 6.20 Å². The Bertz CT molecular complexity index is 2170. The second-order valence-electron chi connectivity index (χ2n) is 10.2. The minimum absolute atomic E-state index is 0. The third-order valence-electron chi connectivity index (χ3n) is 7.34. The second kappa shape index (κ2) is 11.7. The van der Waals surface area contributed by atoms with Crippen LogP contribution in [-0.2, 0) is 27.2 Å². The van der Waals surface area contributed by atoms with Crippen LogP contribution in [0.2, 0.25) is 0 Å². The SMILES string of the molecule is C[n+]1[c-]c(-c2[c-]ccc3c2oc2c3ccc3ccc4ccccc4c32)ccc1.Cc1ccc(-c2[c-]cccc2)nc1.[Ir+3]. The number of hydrogen-bond donors (Lipinski definition) is 0. The Hall–Kier alpha value is -4.63. The Morgan fingerprint density at radius 1 is 0.667 bits per heavy atom. The first kappa shape index (κ1) is 27.5. The summed E-state index contributed by atoms with van der Waals surface area (Å²) >= 11 is 0. The molecular formula is C38H26IrN2O+. The first-order valence-electron chi connectivity index (χ1n) is 13.6. The van der Waals surface area contributed by atoms with E-state index in [1.807, 2.05) is 79.5 Å². The summed E-state index contributed by atoms with van der Waals surface area (Å²) in [5.74, 6) is 0. The molecule has 0 aliphatic rings. The fourth-order valence-corrected chi connectivity index (χ4v) is 5.34. The molecule has 0 aliphatic heterocycles. The van der Waals surface area contributed by atoms with E-state index in [9.17, 15) is 0 Å². The monoisotopic (exact) mass is 719 g/mol. The summed E-state index contributed by atoms with van der Waals surface area (Å²) in [6.07, 6.45) is 7.20. The van der Waals surface area contributed by atoms with Crippen molar-refractivity contribution in [1.82, 2.24) is 4.98 Å². The van der Waals surface area contributed by atoms with E-state index < -0.39 is 0 Å². The van der Waals surface area contributed by atoms with E-state index >= 15 is 0 Å². The molecule has 0 aliphatic carbocycles. The Kier molecular flexibility index (Phi) is 7.67. The van der Waals surface area contributed by atoms with E-state index in [0.29, 0.717) is 0 Å². The maximum atomic E-state index is 6.54. The average molecular weight is 719 g/mol. The predicted octanol–water partition coefficient (Wildman–Crippen LogP) is 8.84. The third-order valence-corrected chi connectivity index (χ3v) is 7.34. The molecule has 0 saturated heterocycles. The van der Waals surface area contributed by atoms with E-state index in [1.165, 1.54) is 27.1 Å². The van der Waals surface area contributed by atoms with E-state index in [1.54, 1.807) is 0 Å². The van der Waals surface area contributed by atoms with Crippen LogP contribution in [0.1, 0.15) is 5.56 Å². The molecule has 0 spiro atoms. The van der Waals surface area contributed by atoms with Gasteiger partial charge in [-0.2, -0.15) is 29.3 Å². The van der Waals surface area contributed by atoms with Gasteiger partial charge in [0.2, 0.25) is 0 Å². The summed E-state index contributed by atoms with van der Waals surface area (Å²) in [6.45, 7) is 2.03. The molecule has 0 bridgehead atoms. The van der Waals surface area contributed by atoms with E-state index in [0.717, 1.165) is 44.3 Å². The van der Waals surface area contributed by atoms with E-state index in [2.05, 4.69) is 84.0 Å². The van der Waals surface area contributed by atoms with Gasteiger partial charge >= 0.3 is 20.1 Å². The number of fused-ring (bicyclic) bond motifs is 7. The Morgan fingerprint density at radius 3 is 2.26 bits per heavy atom. The van der Waals surface area contributed by atoms with Crippen LogP contribution >= 0.6 is 0 Å². The topological polar surface area (TPSA) is 29.9 Å². The molecule has 3 aromatic heterocycles. The van der Waals surface area contributed by atoms with E-state index in [4.69, 9.17) is 4.42 Å². The number of nitrogens with zero attached hydrogens (tertiary/aromatic N) is 2. The van der Waals surface area contributed by atoms with Crippen molar-refractivity contribution in [2.75, 3.05) is 0 Å². The maximum Gasteiger partial charge on any atom is 3.00 e. The van der Waals surface area contributed by atoms with Crippen molar-refractivity contribution in [3.8, 4) is 22.4 Å². The normalized spacial score (nSPS) is 10.9. The summed E-state index contributed by atoms with van der Waals surface area (Å²) in [4.78, 5) is 4.32. The van der Waals surface area contributed by atoms with Crippen molar-refractivity contribution in [2.45, 2.75) is 6.92 Å². The first-order valence-corrected chi connectivity index (χ1v) is 13.6. The number of aryl methyl sites for hydroxylation is 2. The second-order valence-corrected chi connectivity index (χ2v) is 10.2. The van der Waals surface area contributed by atoms with Crippen molar-refractivity contribution in [2.24, 2.45) is 7.05 Å². The van der Waals surface area contributed by atoms with Gasteiger partial charge in [0.25, 0.3) is 0 Å². The van der Waals surface area contributed by atoms with Crippen LogP contribution in [0, 0.1) is 25.3 Å². The van der Waals surface area contributed by atoms with Gasteiger partial charge in [0.1, 0.15) is 18.8 Å². The van der Waals surface area contributed by atoms with Crippen LogP contribution in [-0.4, -0.2) is 4.98 Å². The summed E-state index contributed by atoms with van der Waals surface area (Å²) in [6, 6.07) is 43.7. The number of pyridine rings is 2. The molecule has 202 valence electrons. The van der Waals surface area contributed by atoms with Gasteiger partial charge in [-0.1, -0.05) is 72.1 Å². The summed E-state index contributed by atoms with van der Waals surface area (Å²) in [5, 5.41) is 7.03. The maximum absolute atomic E-state index is 6.54. The molecule has 5 aromatic carbocycles. The van der Waals surface area contributed by atoms with Gasteiger partial charge < -0.3 is 9.40 Å². The number of furan rings is 1. The zero-order valence-corrected chi connectivity index (χ0v) is 25.6. The van der Waals surface area contributed by atoms with Crippen molar-refractivity contribution in [3.05, 3.63) is 145 Å². The van der Waals surface area contributed by atoms with Crippen LogP contribution in [0.4, 0.5) is 0 Å². The van der Waals surface area contributed by atoms with Crippen LogP contribution in [0.15, 0.2) is 126 Å². The Balaban J connectivity index is 0.000000191.